The molecule has 0 aromatic carbocycles. The van der Waals surface area contributed by atoms with E-state index in [0.29, 0.717) is 21.4 Å². The zero-order valence-electron chi connectivity index (χ0n) is 11.4. The van der Waals surface area contributed by atoms with Crippen LogP contribution in [-0.2, 0) is 7.05 Å². The first-order chi connectivity index (χ1) is 9.65. The molecule has 0 aliphatic heterocycles. The van der Waals surface area contributed by atoms with Crippen molar-refractivity contribution in [1.82, 2.24) is 14.5 Å². The summed E-state index contributed by atoms with van der Waals surface area (Å²) in [5.41, 5.74) is -0.404. The second-order valence-electron chi connectivity index (χ2n) is 5.38. The molecule has 2 aromatic rings. The Morgan fingerprint density at radius 2 is 2.10 bits per heavy atom. The molecule has 108 valence electrons. The van der Waals surface area contributed by atoms with E-state index in [9.17, 15) is 9.59 Å². The summed E-state index contributed by atoms with van der Waals surface area (Å²) in [5, 5.41) is 4.02. The first kappa shape index (κ1) is 13.4. The molecule has 1 aliphatic rings. The highest BCUT2D eigenvalue weighted by Crippen LogP contribution is 2.25. The number of H-pyrrole nitrogens is 1. The Labute approximate surface area is 119 Å². The van der Waals surface area contributed by atoms with Crippen molar-refractivity contribution in [2.24, 2.45) is 13.0 Å². The molecule has 2 N–H and O–H groups in total. The monoisotopic (exact) mass is 294 g/mol. The van der Waals surface area contributed by atoms with Gasteiger partial charge in [0, 0.05) is 13.6 Å². The van der Waals surface area contributed by atoms with Crippen molar-refractivity contribution in [2.45, 2.75) is 32.1 Å². The molecule has 0 bridgehead atoms. The van der Waals surface area contributed by atoms with E-state index in [4.69, 9.17) is 0 Å². The first-order valence-electron chi connectivity index (χ1n) is 6.99. The zero-order chi connectivity index (χ0) is 14.1. The summed E-state index contributed by atoms with van der Waals surface area (Å²) in [5.74, 6) is 0.692. The number of anilines is 1. The van der Waals surface area contributed by atoms with Crippen LogP contribution in [0.3, 0.4) is 0 Å². The molecule has 7 heteroatoms. The highest BCUT2D eigenvalue weighted by Gasteiger charge is 2.15. The molecule has 0 amide bonds. The summed E-state index contributed by atoms with van der Waals surface area (Å²) in [4.78, 5) is 31.0. The minimum atomic E-state index is -0.398. The van der Waals surface area contributed by atoms with Crippen molar-refractivity contribution in [3.8, 4) is 0 Å². The smallest absolute Gasteiger partial charge is 0.329 e. The number of nitrogens with one attached hydrogen (secondary N) is 2. The molecule has 0 atom stereocenters. The molecule has 0 unspecified atom stereocenters. The lowest BCUT2D eigenvalue weighted by molar-refractivity contribution is 0.373. The molecule has 0 saturated heterocycles. The maximum Gasteiger partial charge on any atom is 0.329 e. The highest BCUT2D eigenvalue weighted by molar-refractivity contribution is 7.21. The Morgan fingerprint density at radius 1 is 1.35 bits per heavy atom. The molecule has 1 saturated carbocycles. The van der Waals surface area contributed by atoms with Crippen LogP contribution in [0.25, 0.3) is 10.3 Å². The average molecular weight is 294 g/mol. The van der Waals surface area contributed by atoms with Gasteiger partial charge in [-0.15, -0.1) is 0 Å². The second-order valence-corrected chi connectivity index (χ2v) is 6.38. The molecule has 2 aromatic heterocycles. The van der Waals surface area contributed by atoms with E-state index in [1.807, 2.05) is 0 Å². The number of aromatic amines is 1. The van der Waals surface area contributed by atoms with E-state index in [1.54, 1.807) is 0 Å². The van der Waals surface area contributed by atoms with Gasteiger partial charge >= 0.3 is 5.69 Å². The predicted molar refractivity (Wildman–Crippen MR) is 80.5 cm³/mol. The molecule has 20 heavy (non-hydrogen) atoms. The summed E-state index contributed by atoms with van der Waals surface area (Å²) in [6.45, 7) is 0.893. The topological polar surface area (TPSA) is 79.8 Å². The Morgan fingerprint density at radius 3 is 2.85 bits per heavy atom. The zero-order valence-corrected chi connectivity index (χ0v) is 12.3. The molecule has 0 spiro atoms. The van der Waals surface area contributed by atoms with Gasteiger partial charge in [-0.3, -0.25) is 14.3 Å². The van der Waals surface area contributed by atoms with Gasteiger partial charge in [0.2, 0.25) is 0 Å². The third kappa shape index (κ3) is 2.49. The van der Waals surface area contributed by atoms with Crippen LogP contribution in [0, 0.1) is 5.92 Å². The Kier molecular flexibility index (Phi) is 3.60. The Bertz CT molecular complexity index is 724. The van der Waals surface area contributed by atoms with Crippen LogP contribution >= 0.6 is 11.3 Å². The van der Waals surface area contributed by atoms with E-state index in [0.717, 1.165) is 11.1 Å². The summed E-state index contributed by atoms with van der Waals surface area (Å²) >= 11 is 1.33. The number of hydrogen-bond donors (Lipinski definition) is 2. The first-order valence-corrected chi connectivity index (χ1v) is 7.80. The minimum Gasteiger partial charge on any atom is -0.361 e. The van der Waals surface area contributed by atoms with E-state index >= 15 is 0 Å². The third-order valence-electron chi connectivity index (χ3n) is 3.93. The van der Waals surface area contributed by atoms with Crippen LogP contribution in [0.2, 0.25) is 0 Å². The summed E-state index contributed by atoms with van der Waals surface area (Å²) in [7, 11) is 1.45. The lowest BCUT2D eigenvalue weighted by atomic mass is 9.89. The molecule has 1 aliphatic carbocycles. The van der Waals surface area contributed by atoms with Crippen molar-refractivity contribution in [3.05, 3.63) is 20.8 Å². The van der Waals surface area contributed by atoms with Crippen LogP contribution in [0.4, 0.5) is 5.13 Å². The summed E-state index contributed by atoms with van der Waals surface area (Å²) < 4.78 is 1.05. The van der Waals surface area contributed by atoms with E-state index < -0.39 is 5.69 Å². The van der Waals surface area contributed by atoms with Crippen LogP contribution in [-0.4, -0.2) is 21.1 Å². The van der Waals surface area contributed by atoms with Crippen molar-refractivity contribution in [1.29, 1.82) is 0 Å². The molecule has 3 rings (SSSR count). The fourth-order valence-electron chi connectivity index (χ4n) is 2.68. The lowest BCUT2D eigenvalue weighted by Gasteiger charge is -2.21. The molecule has 2 heterocycles. The summed E-state index contributed by atoms with van der Waals surface area (Å²) in [6, 6.07) is 0. The largest absolute Gasteiger partial charge is 0.361 e. The van der Waals surface area contributed by atoms with Crippen molar-refractivity contribution < 1.29 is 0 Å². The quantitative estimate of drug-likeness (QED) is 0.902. The summed E-state index contributed by atoms with van der Waals surface area (Å²) in [6.07, 6.45) is 6.47. The van der Waals surface area contributed by atoms with E-state index in [1.165, 1.54) is 50.5 Å². The van der Waals surface area contributed by atoms with Gasteiger partial charge in [0.15, 0.2) is 10.6 Å². The molecule has 6 nitrogen and oxygen atoms in total. The number of rotatable bonds is 3. The van der Waals surface area contributed by atoms with Crippen LogP contribution in [0.15, 0.2) is 9.59 Å². The lowest BCUT2D eigenvalue weighted by Crippen LogP contribution is -2.32. The fourth-order valence-corrected chi connectivity index (χ4v) is 3.53. The normalized spacial score (nSPS) is 16.6. The number of aromatic nitrogens is 3. The maximum atomic E-state index is 11.9. The Balaban J connectivity index is 1.81. The van der Waals surface area contributed by atoms with Crippen LogP contribution in [0.1, 0.15) is 32.1 Å². The number of nitrogens with zero attached hydrogens (tertiary/aromatic N) is 2. The van der Waals surface area contributed by atoms with Gasteiger partial charge in [-0.25, -0.2) is 9.78 Å². The van der Waals surface area contributed by atoms with Gasteiger partial charge in [0.25, 0.3) is 5.56 Å². The van der Waals surface area contributed by atoms with E-state index in [-0.39, 0.29) is 5.56 Å². The highest BCUT2D eigenvalue weighted by atomic mass is 32.1. The van der Waals surface area contributed by atoms with Gasteiger partial charge in [-0.1, -0.05) is 30.6 Å². The average Bonchev–Trinajstić information content (AvgIpc) is 2.87. The molecule has 1 fully saturated rings. The van der Waals surface area contributed by atoms with Crippen LogP contribution < -0.4 is 16.6 Å². The predicted octanol–water partition coefficient (Wildman–Crippen LogP) is 1.68. The van der Waals surface area contributed by atoms with Gasteiger partial charge in [0.05, 0.1) is 0 Å². The molecular weight excluding hydrogens is 276 g/mol. The number of fused-ring (bicyclic) bond motifs is 1. The van der Waals surface area contributed by atoms with Gasteiger partial charge < -0.3 is 5.32 Å². The number of thiazole rings is 1. The maximum absolute atomic E-state index is 11.9. The van der Waals surface area contributed by atoms with Gasteiger partial charge in [-0.05, 0) is 18.8 Å². The standard InChI is InChI=1S/C13H18N4O2S/c1-17-11(18)9-10(16-13(17)19)20-12(15-9)14-7-8-5-3-2-4-6-8/h8H,2-7H2,1H3,(H,14,15)(H,16,19). The second kappa shape index (κ2) is 5.40. The van der Waals surface area contributed by atoms with Crippen LogP contribution in [0.5, 0.6) is 0 Å². The van der Waals surface area contributed by atoms with Crippen molar-refractivity contribution >= 4 is 26.8 Å². The van der Waals surface area contributed by atoms with Crippen molar-refractivity contribution in [3.63, 3.8) is 0 Å². The Hall–Kier alpha value is -1.63. The minimum absolute atomic E-state index is 0.336. The van der Waals surface area contributed by atoms with Gasteiger partial charge in [0.1, 0.15) is 4.83 Å². The van der Waals surface area contributed by atoms with E-state index in [2.05, 4.69) is 15.3 Å². The molecular formula is C13H18N4O2S. The SMILES string of the molecule is Cn1c(=O)[nH]c2sc(NCC3CCCCC3)nc2c1=O. The van der Waals surface area contributed by atoms with Crippen molar-refractivity contribution in [2.75, 3.05) is 11.9 Å². The molecule has 0 radical (unpaired) electrons. The fraction of sp³-hybridized carbons (Fsp3) is 0.615. The number of hydrogen-bond acceptors (Lipinski definition) is 5. The van der Waals surface area contributed by atoms with Gasteiger partial charge in [-0.2, -0.15) is 0 Å². The third-order valence-corrected chi connectivity index (χ3v) is 4.85.